The van der Waals surface area contributed by atoms with Gasteiger partial charge in [0.05, 0.1) is 39.5 Å². The van der Waals surface area contributed by atoms with Crippen molar-refractivity contribution in [2.45, 2.75) is 45.4 Å². The topological polar surface area (TPSA) is 116 Å². The normalized spacial score (nSPS) is 19.4. The molecule has 4 unspecified atom stereocenters. The second-order valence-electron chi connectivity index (χ2n) is 16.0. The predicted octanol–water partition coefficient (Wildman–Crippen LogP) is 6.64. The average molecular weight is 827 g/mol. The van der Waals surface area contributed by atoms with Crippen LogP contribution in [0.25, 0.3) is 10.9 Å². The van der Waals surface area contributed by atoms with Gasteiger partial charge in [-0.2, -0.15) is 10.1 Å². The van der Waals surface area contributed by atoms with E-state index in [-0.39, 0.29) is 36.4 Å². The SMILES string of the molecule is Cc1ccc(C#Cc2ccc(CN3OCC(CO)C3C(=O)NCCc3c[nH]c4ccccc34)cc2)cc1.Cc1ccc(C#Cc2ccc(CN3OCC4COC(=O)C43)cc2)cc1. The van der Waals surface area contributed by atoms with E-state index in [1.54, 1.807) is 10.1 Å². The molecule has 0 radical (unpaired) electrons. The van der Waals surface area contributed by atoms with Crippen molar-refractivity contribution in [3.05, 3.63) is 178 Å². The summed E-state index contributed by atoms with van der Waals surface area (Å²) in [6, 6.07) is 39.6. The smallest absolute Gasteiger partial charge is 0.326 e. The van der Waals surface area contributed by atoms with E-state index in [1.807, 2.05) is 97.2 Å². The van der Waals surface area contributed by atoms with Crippen molar-refractivity contribution in [1.82, 2.24) is 20.4 Å². The maximum atomic E-state index is 13.1. The summed E-state index contributed by atoms with van der Waals surface area (Å²) >= 11 is 0. The number of cyclic esters (lactones) is 1. The van der Waals surface area contributed by atoms with Crippen molar-refractivity contribution in [3.63, 3.8) is 0 Å². The molecule has 3 aliphatic heterocycles. The van der Waals surface area contributed by atoms with Gasteiger partial charge in [0.2, 0.25) is 5.91 Å². The fourth-order valence-corrected chi connectivity index (χ4v) is 7.78. The first-order valence-electron chi connectivity index (χ1n) is 21.0. The molecule has 4 heterocycles. The molecule has 3 saturated heterocycles. The lowest BCUT2D eigenvalue weighted by Crippen LogP contribution is -2.47. The van der Waals surface area contributed by atoms with Gasteiger partial charge in [-0.3, -0.25) is 19.3 Å². The maximum absolute atomic E-state index is 13.1. The van der Waals surface area contributed by atoms with Gasteiger partial charge in [-0.05, 0) is 91.6 Å². The fraction of sp³-hybridized carbons (Fsp3) is 0.269. The zero-order valence-corrected chi connectivity index (χ0v) is 35.0. The van der Waals surface area contributed by atoms with Crippen LogP contribution >= 0.6 is 0 Å². The zero-order chi connectivity index (χ0) is 42.8. The highest BCUT2D eigenvalue weighted by Gasteiger charge is 2.47. The number of aromatic amines is 1. The number of para-hydroxylation sites is 1. The Morgan fingerprint density at radius 3 is 1.82 bits per heavy atom. The van der Waals surface area contributed by atoms with Crippen LogP contribution in [0.1, 0.15) is 50.1 Å². The molecule has 0 bridgehead atoms. The van der Waals surface area contributed by atoms with E-state index in [1.165, 1.54) is 22.1 Å². The minimum atomic E-state index is -0.547. The Bertz CT molecular complexity index is 2600. The Balaban J connectivity index is 0.000000184. The lowest BCUT2D eigenvalue weighted by molar-refractivity contribution is -0.170. The van der Waals surface area contributed by atoms with Crippen molar-refractivity contribution in [3.8, 4) is 23.7 Å². The minimum absolute atomic E-state index is 0.107. The summed E-state index contributed by atoms with van der Waals surface area (Å²) in [5, 5.41) is 17.5. The highest BCUT2D eigenvalue weighted by Crippen LogP contribution is 2.30. The van der Waals surface area contributed by atoms with Crippen LogP contribution in [0.2, 0.25) is 0 Å². The van der Waals surface area contributed by atoms with Gasteiger partial charge in [0.25, 0.3) is 0 Å². The summed E-state index contributed by atoms with van der Waals surface area (Å²) in [5.41, 5.74) is 10.7. The van der Waals surface area contributed by atoms with Crippen LogP contribution in [0.4, 0.5) is 0 Å². The standard InChI is InChI=1S/C31H31N3O3.C21H19NO3/c1-22-6-8-23(9-7-22)10-11-24-12-14-25(15-13-24)19-34-30(27(20-35)21-37-34)31(36)32-17-16-26-18-33-29-5-3-2-4-28(26)29;1-15-2-4-16(5-3-15)6-7-17-8-10-18(11-9-17)12-22-20-19(14-25-22)13-24-21(20)23/h2-9,12-15,18,27,30,33,35H,16-17,19-21H2,1H3,(H,32,36);2-5,8-11,19-20H,12-14H2,1H3. The van der Waals surface area contributed by atoms with Crippen LogP contribution in [-0.2, 0) is 43.5 Å². The van der Waals surface area contributed by atoms with Gasteiger partial charge in [-0.25, -0.2) is 0 Å². The number of hydrogen-bond acceptors (Lipinski definition) is 8. The molecule has 10 nitrogen and oxygen atoms in total. The fourth-order valence-electron chi connectivity index (χ4n) is 7.78. The van der Waals surface area contributed by atoms with Crippen LogP contribution in [0.15, 0.2) is 128 Å². The molecular formula is C52H50N4O6. The number of carbonyl (C=O) groups is 2. The molecule has 0 aliphatic carbocycles. The van der Waals surface area contributed by atoms with Crippen molar-refractivity contribution in [2.24, 2.45) is 11.8 Å². The third kappa shape index (κ3) is 10.5. The molecule has 4 atom stereocenters. The summed E-state index contributed by atoms with van der Waals surface area (Å²) < 4.78 is 5.11. The van der Waals surface area contributed by atoms with Crippen molar-refractivity contribution >= 4 is 22.8 Å². The number of carbonyl (C=O) groups excluding carboxylic acids is 2. The highest BCUT2D eigenvalue weighted by molar-refractivity contribution is 5.84. The number of esters is 1. The number of aliphatic hydroxyl groups excluding tert-OH is 1. The monoisotopic (exact) mass is 826 g/mol. The Morgan fingerprint density at radius 1 is 0.710 bits per heavy atom. The van der Waals surface area contributed by atoms with Crippen LogP contribution in [0.3, 0.4) is 0 Å². The second kappa shape index (κ2) is 19.9. The number of aromatic nitrogens is 1. The van der Waals surface area contributed by atoms with Gasteiger partial charge in [-0.1, -0.05) is 102 Å². The number of aliphatic hydroxyl groups is 1. The number of ether oxygens (including phenoxy) is 1. The number of fused-ring (bicyclic) bond motifs is 2. The number of nitrogens with zero attached hydrogens (tertiary/aromatic N) is 2. The summed E-state index contributed by atoms with van der Waals surface area (Å²) in [7, 11) is 0. The van der Waals surface area contributed by atoms with E-state index in [0.717, 1.165) is 45.3 Å². The van der Waals surface area contributed by atoms with Crippen LogP contribution in [-0.4, -0.2) is 77.1 Å². The summed E-state index contributed by atoms with van der Waals surface area (Å²) in [4.78, 5) is 39.7. The van der Waals surface area contributed by atoms with Gasteiger partial charge in [-0.15, -0.1) is 0 Å². The third-order valence-corrected chi connectivity index (χ3v) is 11.4. The molecule has 3 aliphatic rings. The molecule has 62 heavy (non-hydrogen) atoms. The highest BCUT2D eigenvalue weighted by atomic mass is 16.7. The Labute approximate surface area is 362 Å². The lowest BCUT2D eigenvalue weighted by atomic mass is 10.0. The summed E-state index contributed by atoms with van der Waals surface area (Å²) in [6.07, 6.45) is 2.71. The molecule has 9 rings (SSSR count). The zero-order valence-electron chi connectivity index (χ0n) is 35.0. The number of hydrogen-bond donors (Lipinski definition) is 3. The number of rotatable bonds is 9. The number of H-pyrrole nitrogens is 1. The lowest BCUT2D eigenvalue weighted by Gasteiger charge is -2.24. The number of benzene rings is 5. The van der Waals surface area contributed by atoms with Crippen LogP contribution < -0.4 is 5.32 Å². The molecule has 0 saturated carbocycles. The van der Waals surface area contributed by atoms with Crippen molar-refractivity contribution in [2.75, 3.05) is 33.0 Å². The molecule has 1 aromatic heterocycles. The Morgan fingerprint density at radius 2 is 1.24 bits per heavy atom. The number of amides is 1. The number of nitrogens with one attached hydrogen (secondary N) is 2. The summed E-state index contributed by atoms with van der Waals surface area (Å²) in [5.74, 6) is 12.3. The second-order valence-corrected chi connectivity index (χ2v) is 16.0. The van der Waals surface area contributed by atoms with Crippen LogP contribution in [0, 0.1) is 49.4 Å². The molecule has 314 valence electrons. The summed E-state index contributed by atoms with van der Waals surface area (Å²) in [6.45, 7) is 6.88. The molecule has 0 spiro atoms. The predicted molar refractivity (Wildman–Crippen MR) is 238 cm³/mol. The Hall–Kier alpha value is -6.50. The first kappa shape index (κ1) is 42.2. The third-order valence-electron chi connectivity index (χ3n) is 11.4. The molecule has 1 amide bonds. The molecule has 3 N–H and O–H groups in total. The molecule has 3 fully saturated rings. The van der Waals surface area contributed by atoms with E-state index in [9.17, 15) is 14.7 Å². The van der Waals surface area contributed by atoms with E-state index in [2.05, 4.69) is 78.2 Å². The molecular weight excluding hydrogens is 777 g/mol. The largest absolute Gasteiger partial charge is 0.464 e. The first-order valence-corrected chi connectivity index (χ1v) is 21.0. The van der Waals surface area contributed by atoms with E-state index < -0.39 is 6.04 Å². The number of aryl methyl sites for hydroxylation is 2. The number of hydroxylamine groups is 4. The quantitative estimate of drug-likeness (QED) is 0.110. The van der Waals surface area contributed by atoms with Gasteiger partial charge < -0.3 is 20.1 Å². The van der Waals surface area contributed by atoms with Gasteiger partial charge in [0.15, 0.2) is 0 Å². The molecule has 5 aromatic carbocycles. The van der Waals surface area contributed by atoms with E-state index in [0.29, 0.717) is 39.5 Å². The average Bonchev–Trinajstić information content (AvgIpc) is 4.10. The van der Waals surface area contributed by atoms with Gasteiger partial charge >= 0.3 is 5.97 Å². The first-order chi connectivity index (χ1) is 30.3. The minimum Gasteiger partial charge on any atom is -0.464 e. The van der Waals surface area contributed by atoms with Crippen molar-refractivity contribution in [1.29, 1.82) is 0 Å². The Kier molecular flexibility index (Phi) is 13.6. The van der Waals surface area contributed by atoms with E-state index in [4.69, 9.17) is 14.4 Å². The van der Waals surface area contributed by atoms with Gasteiger partial charge in [0, 0.05) is 57.7 Å². The van der Waals surface area contributed by atoms with E-state index >= 15 is 0 Å². The van der Waals surface area contributed by atoms with Crippen molar-refractivity contribution < 1.29 is 29.1 Å². The van der Waals surface area contributed by atoms with Gasteiger partial charge in [0.1, 0.15) is 12.1 Å². The maximum Gasteiger partial charge on any atom is 0.326 e. The molecule has 6 aromatic rings. The molecule has 10 heteroatoms. The van der Waals surface area contributed by atoms with Crippen LogP contribution in [0.5, 0.6) is 0 Å².